The molecule has 0 spiro atoms. The van der Waals surface area contributed by atoms with Crippen LogP contribution in [0.3, 0.4) is 0 Å². The monoisotopic (exact) mass is 201 g/mol. The second-order valence-corrected chi connectivity index (χ2v) is 3.17. The molecule has 0 aliphatic carbocycles. The Morgan fingerprint density at radius 3 is 2.80 bits per heavy atom. The van der Waals surface area contributed by atoms with Crippen LogP contribution in [-0.2, 0) is 0 Å². The summed E-state index contributed by atoms with van der Waals surface area (Å²) in [6, 6.07) is 8.98. The minimum Gasteiger partial charge on any atom is -0.439 e. The van der Waals surface area contributed by atoms with Crippen LogP contribution < -0.4 is 10.5 Å². The Morgan fingerprint density at radius 1 is 1.20 bits per heavy atom. The predicted molar refractivity (Wildman–Crippen MR) is 57.7 cm³/mol. The number of rotatable bonds is 2. The fraction of sp³-hybridized carbons (Fsp3) is 0.0909. The zero-order chi connectivity index (χ0) is 10.7. The number of nitrogens with two attached hydrogens (primary N) is 1. The van der Waals surface area contributed by atoms with E-state index < -0.39 is 0 Å². The van der Waals surface area contributed by atoms with Crippen molar-refractivity contribution in [1.82, 2.24) is 9.97 Å². The smallest absolute Gasteiger partial charge is 0.222 e. The number of hydrogen-bond acceptors (Lipinski definition) is 4. The van der Waals surface area contributed by atoms with Gasteiger partial charge in [0.2, 0.25) is 5.88 Å². The van der Waals surface area contributed by atoms with Crippen LogP contribution in [0.25, 0.3) is 0 Å². The van der Waals surface area contributed by atoms with Gasteiger partial charge in [0.15, 0.2) is 0 Å². The van der Waals surface area contributed by atoms with E-state index in [4.69, 9.17) is 10.5 Å². The number of hydrogen-bond donors (Lipinski definition) is 1. The zero-order valence-corrected chi connectivity index (χ0v) is 8.34. The van der Waals surface area contributed by atoms with Crippen LogP contribution in [-0.4, -0.2) is 9.97 Å². The fourth-order valence-corrected chi connectivity index (χ4v) is 1.18. The van der Waals surface area contributed by atoms with Crippen LogP contribution in [0.5, 0.6) is 11.6 Å². The Balaban J connectivity index is 2.22. The summed E-state index contributed by atoms with van der Waals surface area (Å²) >= 11 is 0. The standard InChI is InChI=1S/C11H11N3O/c1-8-5-11(14-7-13-8)15-10-4-2-3-9(12)6-10/h2-7H,12H2,1H3. The largest absolute Gasteiger partial charge is 0.439 e. The van der Waals surface area contributed by atoms with E-state index in [0.29, 0.717) is 17.3 Å². The molecule has 0 radical (unpaired) electrons. The number of nitrogen functional groups attached to an aromatic ring is 1. The van der Waals surface area contributed by atoms with E-state index in [9.17, 15) is 0 Å². The first kappa shape index (κ1) is 9.45. The van der Waals surface area contributed by atoms with Crippen LogP contribution in [0.2, 0.25) is 0 Å². The van der Waals surface area contributed by atoms with Crippen molar-refractivity contribution in [3.63, 3.8) is 0 Å². The van der Waals surface area contributed by atoms with Crippen LogP contribution >= 0.6 is 0 Å². The molecule has 1 aromatic carbocycles. The zero-order valence-electron chi connectivity index (χ0n) is 8.34. The van der Waals surface area contributed by atoms with Gasteiger partial charge in [0.25, 0.3) is 0 Å². The Kier molecular flexibility index (Phi) is 2.49. The lowest BCUT2D eigenvalue weighted by molar-refractivity contribution is 0.461. The van der Waals surface area contributed by atoms with Gasteiger partial charge in [0.1, 0.15) is 12.1 Å². The van der Waals surface area contributed by atoms with Gasteiger partial charge in [-0.05, 0) is 19.1 Å². The van der Waals surface area contributed by atoms with E-state index in [2.05, 4.69) is 9.97 Å². The highest BCUT2D eigenvalue weighted by Crippen LogP contribution is 2.20. The Bertz CT molecular complexity index is 427. The van der Waals surface area contributed by atoms with Gasteiger partial charge in [0, 0.05) is 23.5 Å². The number of nitrogens with zero attached hydrogens (tertiary/aromatic N) is 2. The lowest BCUT2D eigenvalue weighted by atomic mass is 10.3. The summed E-state index contributed by atoms with van der Waals surface area (Å²) in [5, 5.41) is 0. The molecule has 2 rings (SSSR count). The summed E-state index contributed by atoms with van der Waals surface area (Å²) in [4.78, 5) is 7.97. The van der Waals surface area contributed by atoms with Gasteiger partial charge in [-0.2, -0.15) is 0 Å². The van der Waals surface area contributed by atoms with Crippen LogP contribution in [0.4, 0.5) is 5.69 Å². The highest BCUT2D eigenvalue weighted by atomic mass is 16.5. The molecular weight excluding hydrogens is 190 g/mol. The molecule has 0 atom stereocenters. The topological polar surface area (TPSA) is 61.0 Å². The molecule has 4 nitrogen and oxygen atoms in total. The molecule has 0 saturated carbocycles. The minimum absolute atomic E-state index is 0.521. The molecule has 0 fully saturated rings. The predicted octanol–water partition coefficient (Wildman–Crippen LogP) is 2.16. The van der Waals surface area contributed by atoms with Gasteiger partial charge >= 0.3 is 0 Å². The summed E-state index contributed by atoms with van der Waals surface area (Å²) < 4.78 is 5.51. The first-order valence-electron chi connectivity index (χ1n) is 4.56. The number of aryl methyl sites for hydroxylation is 1. The Morgan fingerprint density at radius 2 is 2.07 bits per heavy atom. The quantitative estimate of drug-likeness (QED) is 0.756. The molecular formula is C11H11N3O. The van der Waals surface area contributed by atoms with Crippen molar-refractivity contribution in [1.29, 1.82) is 0 Å². The summed E-state index contributed by atoms with van der Waals surface area (Å²) in [6.45, 7) is 1.88. The molecule has 2 N–H and O–H groups in total. The average Bonchev–Trinajstić information content (AvgIpc) is 2.17. The molecule has 76 valence electrons. The van der Waals surface area contributed by atoms with Crippen molar-refractivity contribution in [2.75, 3.05) is 5.73 Å². The maximum atomic E-state index is 5.63. The third kappa shape index (κ3) is 2.43. The van der Waals surface area contributed by atoms with Gasteiger partial charge < -0.3 is 10.5 Å². The van der Waals surface area contributed by atoms with Crippen molar-refractivity contribution in [2.24, 2.45) is 0 Å². The Labute approximate surface area is 87.7 Å². The minimum atomic E-state index is 0.521. The third-order valence-electron chi connectivity index (χ3n) is 1.86. The second kappa shape index (κ2) is 3.96. The summed E-state index contributed by atoms with van der Waals surface area (Å²) in [5.41, 5.74) is 7.16. The molecule has 0 aliphatic rings. The summed E-state index contributed by atoms with van der Waals surface area (Å²) in [7, 11) is 0. The molecule has 0 amide bonds. The van der Waals surface area contributed by atoms with E-state index in [1.165, 1.54) is 6.33 Å². The number of benzene rings is 1. The summed E-state index contributed by atoms with van der Waals surface area (Å²) in [5.74, 6) is 1.20. The van der Waals surface area contributed by atoms with Crippen molar-refractivity contribution < 1.29 is 4.74 Å². The van der Waals surface area contributed by atoms with E-state index in [-0.39, 0.29) is 0 Å². The normalized spacial score (nSPS) is 9.93. The lowest BCUT2D eigenvalue weighted by Gasteiger charge is -2.04. The molecule has 1 heterocycles. The number of ether oxygens (including phenoxy) is 1. The van der Waals surface area contributed by atoms with E-state index >= 15 is 0 Å². The van der Waals surface area contributed by atoms with Crippen LogP contribution in [0.1, 0.15) is 5.69 Å². The number of anilines is 1. The molecule has 0 saturated heterocycles. The van der Waals surface area contributed by atoms with Gasteiger partial charge in [-0.3, -0.25) is 0 Å². The Hall–Kier alpha value is -2.10. The molecule has 0 aliphatic heterocycles. The SMILES string of the molecule is Cc1cc(Oc2cccc(N)c2)ncn1. The van der Waals surface area contributed by atoms with Crippen molar-refractivity contribution in [3.05, 3.63) is 42.4 Å². The highest BCUT2D eigenvalue weighted by Gasteiger charge is 1.99. The third-order valence-corrected chi connectivity index (χ3v) is 1.86. The molecule has 0 unspecified atom stereocenters. The van der Waals surface area contributed by atoms with Gasteiger partial charge in [-0.1, -0.05) is 6.07 Å². The maximum Gasteiger partial charge on any atom is 0.222 e. The molecule has 1 aromatic heterocycles. The van der Waals surface area contributed by atoms with Crippen LogP contribution in [0.15, 0.2) is 36.7 Å². The highest BCUT2D eigenvalue weighted by molar-refractivity contribution is 5.44. The van der Waals surface area contributed by atoms with E-state index in [0.717, 1.165) is 5.69 Å². The molecule has 2 aromatic rings. The molecule has 4 heteroatoms. The maximum absolute atomic E-state index is 5.63. The second-order valence-electron chi connectivity index (χ2n) is 3.17. The van der Waals surface area contributed by atoms with Crippen molar-refractivity contribution in [3.8, 4) is 11.6 Å². The molecule has 15 heavy (non-hydrogen) atoms. The first-order chi connectivity index (χ1) is 7.24. The first-order valence-corrected chi connectivity index (χ1v) is 4.56. The molecule has 0 bridgehead atoms. The van der Waals surface area contributed by atoms with Crippen molar-refractivity contribution >= 4 is 5.69 Å². The van der Waals surface area contributed by atoms with Gasteiger partial charge in [-0.25, -0.2) is 9.97 Å². The average molecular weight is 201 g/mol. The van der Waals surface area contributed by atoms with Gasteiger partial charge in [0.05, 0.1) is 0 Å². The van der Waals surface area contributed by atoms with Gasteiger partial charge in [-0.15, -0.1) is 0 Å². The van der Waals surface area contributed by atoms with E-state index in [1.54, 1.807) is 18.2 Å². The van der Waals surface area contributed by atoms with E-state index in [1.807, 2.05) is 19.1 Å². The van der Waals surface area contributed by atoms with Crippen LogP contribution in [0, 0.1) is 6.92 Å². The summed E-state index contributed by atoms with van der Waals surface area (Å²) in [6.07, 6.45) is 1.47. The van der Waals surface area contributed by atoms with Crippen molar-refractivity contribution in [2.45, 2.75) is 6.92 Å². The fourth-order valence-electron chi connectivity index (χ4n) is 1.18. The number of aromatic nitrogens is 2. The lowest BCUT2D eigenvalue weighted by Crippen LogP contribution is -1.91.